The molecule has 0 atom stereocenters. The molecule has 0 saturated carbocycles. The fourth-order valence-corrected chi connectivity index (χ4v) is 1.88. The molecule has 1 heterocycles. The topological polar surface area (TPSA) is 140 Å². The van der Waals surface area contributed by atoms with Crippen molar-refractivity contribution in [3.05, 3.63) is 16.3 Å². The third kappa shape index (κ3) is 4.55. The molecule has 108 valence electrons. The first kappa shape index (κ1) is 15.5. The maximum Gasteiger partial charge on any atom is 0.410 e. The molecular formula is C8H14N4O6S. The lowest BCUT2D eigenvalue weighted by molar-refractivity contribution is -0.392. The van der Waals surface area contributed by atoms with Crippen LogP contribution in [0.4, 0.5) is 5.82 Å². The Bertz CT molecular complexity index is 539. The summed E-state index contributed by atoms with van der Waals surface area (Å²) in [5.74, 6) is -0.792. The van der Waals surface area contributed by atoms with Crippen molar-refractivity contribution in [2.45, 2.75) is 11.4 Å². The molecule has 1 aromatic heterocycles. The lowest BCUT2D eigenvalue weighted by Crippen LogP contribution is -2.13. The van der Waals surface area contributed by atoms with Crippen molar-refractivity contribution in [3.63, 3.8) is 0 Å². The van der Waals surface area contributed by atoms with Crippen molar-refractivity contribution >= 4 is 15.8 Å². The summed E-state index contributed by atoms with van der Waals surface area (Å²) in [4.78, 5) is 9.14. The van der Waals surface area contributed by atoms with E-state index >= 15 is 0 Å². The smallest absolute Gasteiger partial charge is 0.382 e. The third-order valence-corrected chi connectivity index (χ3v) is 2.99. The molecular weight excluding hydrogens is 280 g/mol. The molecule has 0 spiro atoms. The molecule has 19 heavy (non-hydrogen) atoms. The number of nitro groups is 1. The summed E-state index contributed by atoms with van der Waals surface area (Å²) in [7, 11) is -2.66. The van der Waals surface area contributed by atoms with Gasteiger partial charge in [-0.3, -0.25) is 0 Å². The van der Waals surface area contributed by atoms with E-state index in [0.29, 0.717) is 13.2 Å². The number of rotatable bonds is 8. The van der Waals surface area contributed by atoms with Gasteiger partial charge >= 0.3 is 5.82 Å². The molecule has 10 nitrogen and oxygen atoms in total. The Morgan fingerprint density at radius 1 is 1.47 bits per heavy atom. The Morgan fingerprint density at radius 2 is 2.16 bits per heavy atom. The van der Waals surface area contributed by atoms with Crippen LogP contribution in [0.2, 0.25) is 0 Å². The molecule has 1 rings (SSSR count). The zero-order valence-electron chi connectivity index (χ0n) is 10.2. The Labute approximate surface area is 109 Å². The summed E-state index contributed by atoms with van der Waals surface area (Å²) in [6.45, 7) is 1.16. The molecule has 0 aliphatic carbocycles. The molecule has 0 fully saturated rings. The van der Waals surface area contributed by atoms with E-state index in [9.17, 15) is 18.5 Å². The van der Waals surface area contributed by atoms with Crippen LogP contribution in [-0.2, 0) is 26.0 Å². The van der Waals surface area contributed by atoms with Crippen LogP contribution < -0.4 is 5.14 Å². The van der Waals surface area contributed by atoms with E-state index in [2.05, 4.69) is 5.10 Å². The predicted octanol–water partition coefficient (Wildman–Crippen LogP) is -0.898. The maximum absolute atomic E-state index is 11.2. The summed E-state index contributed by atoms with van der Waals surface area (Å²) in [6, 6.07) is 0. The monoisotopic (exact) mass is 294 g/mol. The van der Waals surface area contributed by atoms with Crippen LogP contribution >= 0.6 is 0 Å². The first-order valence-electron chi connectivity index (χ1n) is 5.17. The molecule has 0 unspecified atom stereocenters. The maximum atomic E-state index is 11.2. The SMILES string of the molecule is COCCOCCn1cc(S(N)(=O)=O)c([N+](=O)[O-])n1. The van der Waals surface area contributed by atoms with Gasteiger partial charge in [0.25, 0.3) is 0 Å². The molecule has 0 aromatic carbocycles. The van der Waals surface area contributed by atoms with Crippen molar-refractivity contribution in [2.24, 2.45) is 5.14 Å². The first-order chi connectivity index (χ1) is 8.86. The largest absolute Gasteiger partial charge is 0.410 e. The van der Waals surface area contributed by atoms with Gasteiger partial charge in [0.1, 0.15) is 0 Å². The molecule has 2 N–H and O–H groups in total. The van der Waals surface area contributed by atoms with E-state index in [1.54, 1.807) is 0 Å². The van der Waals surface area contributed by atoms with Crippen LogP contribution in [-0.4, -0.2) is 50.1 Å². The summed E-state index contributed by atoms with van der Waals surface area (Å²) in [5, 5.41) is 19.1. The van der Waals surface area contributed by atoms with Crippen molar-refractivity contribution in [2.75, 3.05) is 26.9 Å². The number of sulfonamides is 1. The minimum absolute atomic E-state index is 0.167. The van der Waals surface area contributed by atoms with Gasteiger partial charge in [0.2, 0.25) is 14.9 Å². The highest BCUT2D eigenvalue weighted by Gasteiger charge is 2.28. The molecule has 0 amide bonds. The zero-order valence-corrected chi connectivity index (χ0v) is 11.0. The second kappa shape index (κ2) is 6.56. The number of hydrogen-bond donors (Lipinski definition) is 1. The first-order valence-corrected chi connectivity index (χ1v) is 6.72. The van der Waals surface area contributed by atoms with Crippen molar-refractivity contribution in [1.29, 1.82) is 0 Å². The Kier molecular flexibility index (Phi) is 5.35. The molecule has 0 aliphatic heterocycles. The number of hydrogen-bond acceptors (Lipinski definition) is 7. The molecule has 1 aromatic rings. The molecule has 0 aliphatic rings. The van der Waals surface area contributed by atoms with Gasteiger partial charge < -0.3 is 19.6 Å². The molecule has 11 heteroatoms. The van der Waals surface area contributed by atoms with Gasteiger partial charge in [-0.2, -0.15) is 4.68 Å². The second-order valence-corrected chi connectivity index (χ2v) is 5.02. The van der Waals surface area contributed by atoms with E-state index in [-0.39, 0.29) is 13.2 Å². The highest BCUT2D eigenvalue weighted by molar-refractivity contribution is 7.89. The number of nitrogens with two attached hydrogens (primary N) is 1. The van der Waals surface area contributed by atoms with Gasteiger partial charge in [0.15, 0.2) is 0 Å². The van der Waals surface area contributed by atoms with Crippen LogP contribution in [0.5, 0.6) is 0 Å². The minimum Gasteiger partial charge on any atom is -0.382 e. The highest BCUT2D eigenvalue weighted by atomic mass is 32.2. The summed E-state index contributed by atoms with van der Waals surface area (Å²) >= 11 is 0. The van der Waals surface area contributed by atoms with E-state index in [1.165, 1.54) is 7.11 Å². The Hall–Kier alpha value is -1.56. The van der Waals surface area contributed by atoms with E-state index in [1.807, 2.05) is 0 Å². The van der Waals surface area contributed by atoms with Gasteiger partial charge in [-0.15, -0.1) is 0 Å². The number of methoxy groups -OCH3 is 1. The summed E-state index contributed by atoms with van der Waals surface area (Å²) in [5.41, 5.74) is 0. The lowest BCUT2D eigenvalue weighted by Gasteiger charge is -2.01. The van der Waals surface area contributed by atoms with Gasteiger partial charge in [-0.25, -0.2) is 13.6 Å². The fraction of sp³-hybridized carbons (Fsp3) is 0.625. The molecule has 0 radical (unpaired) electrons. The highest BCUT2D eigenvalue weighted by Crippen LogP contribution is 2.19. The zero-order chi connectivity index (χ0) is 14.5. The van der Waals surface area contributed by atoms with Crippen LogP contribution in [0.25, 0.3) is 0 Å². The Balaban J connectivity index is 2.74. The van der Waals surface area contributed by atoms with Crippen LogP contribution in [0.3, 0.4) is 0 Å². The number of aromatic nitrogens is 2. The average molecular weight is 294 g/mol. The Morgan fingerprint density at radius 3 is 2.63 bits per heavy atom. The van der Waals surface area contributed by atoms with E-state index in [4.69, 9.17) is 14.6 Å². The fourth-order valence-electron chi connectivity index (χ4n) is 1.24. The van der Waals surface area contributed by atoms with Crippen LogP contribution in [0.15, 0.2) is 11.1 Å². The summed E-state index contributed by atoms with van der Waals surface area (Å²) in [6.07, 6.45) is 1.01. The van der Waals surface area contributed by atoms with Crippen molar-refractivity contribution < 1.29 is 22.8 Å². The third-order valence-electron chi connectivity index (χ3n) is 2.09. The van der Waals surface area contributed by atoms with Crippen molar-refractivity contribution in [1.82, 2.24) is 9.78 Å². The standard InChI is InChI=1S/C8H14N4O6S/c1-17-4-5-18-3-2-11-6-7(19(9,15)16)8(10-11)12(13)14/h6H,2-5H2,1H3,(H2,9,15,16). The van der Waals surface area contributed by atoms with E-state index in [0.717, 1.165) is 10.9 Å². The van der Waals surface area contributed by atoms with Gasteiger partial charge in [-0.1, -0.05) is 0 Å². The predicted molar refractivity (Wildman–Crippen MR) is 62.9 cm³/mol. The molecule has 0 saturated heterocycles. The molecule has 0 bridgehead atoms. The second-order valence-electron chi connectivity index (χ2n) is 3.49. The van der Waals surface area contributed by atoms with Gasteiger partial charge in [-0.05, 0) is 4.92 Å². The number of nitrogens with zero attached hydrogens (tertiary/aromatic N) is 3. The van der Waals surface area contributed by atoms with Crippen molar-refractivity contribution in [3.8, 4) is 0 Å². The number of primary sulfonamides is 1. The average Bonchev–Trinajstić information content (AvgIpc) is 2.73. The van der Waals surface area contributed by atoms with Crippen LogP contribution in [0.1, 0.15) is 0 Å². The van der Waals surface area contributed by atoms with Gasteiger partial charge in [0.05, 0.1) is 37.7 Å². The number of ether oxygens (including phenoxy) is 2. The lowest BCUT2D eigenvalue weighted by atomic mass is 10.6. The van der Waals surface area contributed by atoms with Gasteiger partial charge in [0, 0.05) is 7.11 Å². The quantitative estimate of drug-likeness (QED) is 0.372. The van der Waals surface area contributed by atoms with Crippen LogP contribution in [0, 0.1) is 10.1 Å². The normalized spacial score (nSPS) is 11.7. The summed E-state index contributed by atoms with van der Waals surface area (Å²) < 4.78 is 33.3. The van der Waals surface area contributed by atoms with E-state index < -0.39 is 25.7 Å². The minimum atomic E-state index is -4.18.